The van der Waals surface area contributed by atoms with Crippen molar-refractivity contribution in [2.45, 2.75) is 13.0 Å². The number of fused-ring (bicyclic) bond motifs is 1. The van der Waals surface area contributed by atoms with Crippen LogP contribution in [0.3, 0.4) is 0 Å². The van der Waals surface area contributed by atoms with Gasteiger partial charge in [0.15, 0.2) is 11.9 Å². The second-order valence-electron chi connectivity index (χ2n) is 6.26. The minimum atomic E-state index is -0.636. The largest absolute Gasteiger partial charge is 0.481 e. The van der Waals surface area contributed by atoms with Crippen LogP contribution >= 0.6 is 0 Å². The predicted molar refractivity (Wildman–Crippen MR) is 107 cm³/mol. The number of ether oxygens (including phenoxy) is 1. The van der Waals surface area contributed by atoms with Gasteiger partial charge in [0.05, 0.1) is 5.52 Å². The summed E-state index contributed by atoms with van der Waals surface area (Å²) in [7, 11) is 0. The summed E-state index contributed by atoms with van der Waals surface area (Å²) in [6.45, 7) is 1.71. The number of aromatic nitrogens is 2. The van der Waals surface area contributed by atoms with E-state index in [0.29, 0.717) is 11.6 Å². The summed E-state index contributed by atoms with van der Waals surface area (Å²) in [5.74, 6) is 0.900. The van der Waals surface area contributed by atoms with Crippen LogP contribution in [0.2, 0.25) is 0 Å². The van der Waals surface area contributed by atoms with Crippen LogP contribution in [-0.2, 0) is 4.79 Å². The van der Waals surface area contributed by atoms with Crippen LogP contribution in [0, 0.1) is 0 Å². The second-order valence-corrected chi connectivity index (χ2v) is 6.26. The molecular weight excluding hydrogens is 338 g/mol. The fourth-order valence-corrected chi connectivity index (χ4v) is 2.90. The lowest BCUT2D eigenvalue weighted by Crippen LogP contribution is -2.30. The van der Waals surface area contributed by atoms with Gasteiger partial charge in [-0.05, 0) is 42.3 Å². The van der Waals surface area contributed by atoms with Crippen molar-refractivity contribution in [3.63, 3.8) is 0 Å². The lowest BCUT2D eigenvalue weighted by atomic mass is 10.0. The molecule has 0 aliphatic rings. The van der Waals surface area contributed by atoms with Crippen molar-refractivity contribution < 1.29 is 9.53 Å². The highest BCUT2D eigenvalue weighted by Gasteiger charge is 2.17. The number of aromatic amines is 1. The minimum Gasteiger partial charge on any atom is -0.481 e. The van der Waals surface area contributed by atoms with Crippen LogP contribution in [0.4, 0.5) is 5.82 Å². The Morgan fingerprint density at radius 3 is 2.41 bits per heavy atom. The number of carbonyl (C=O) groups excluding carboxylic acids is 1. The molecule has 1 amide bonds. The lowest BCUT2D eigenvalue weighted by Gasteiger charge is -2.13. The van der Waals surface area contributed by atoms with E-state index in [-0.39, 0.29) is 5.91 Å². The molecule has 0 saturated heterocycles. The molecule has 0 aliphatic heterocycles. The maximum absolute atomic E-state index is 12.5. The van der Waals surface area contributed by atoms with Gasteiger partial charge in [-0.1, -0.05) is 54.6 Å². The first-order valence-electron chi connectivity index (χ1n) is 8.77. The molecule has 2 N–H and O–H groups in total. The highest BCUT2D eigenvalue weighted by Crippen LogP contribution is 2.27. The zero-order valence-corrected chi connectivity index (χ0v) is 14.8. The molecule has 5 nitrogen and oxygen atoms in total. The molecule has 0 spiro atoms. The van der Waals surface area contributed by atoms with Crippen LogP contribution in [0.15, 0.2) is 78.9 Å². The third-order valence-electron chi connectivity index (χ3n) is 4.34. The van der Waals surface area contributed by atoms with E-state index < -0.39 is 6.10 Å². The fraction of sp³-hybridized carbons (Fsp3) is 0.0909. The number of nitrogens with one attached hydrogen (secondary N) is 2. The van der Waals surface area contributed by atoms with Crippen molar-refractivity contribution in [2.24, 2.45) is 0 Å². The second kappa shape index (κ2) is 7.33. The van der Waals surface area contributed by atoms with E-state index in [4.69, 9.17) is 4.74 Å². The van der Waals surface area contributed by atoms with E-state index >= 15 is 0 Å². The molecule has 1 heterocycles. The number of hydrogen-bond donors (Lipinski definition) is 2. The Morgan fingerprint density at radius 2 is 1.67 bits per heavy atom. The standard InChI is InChI=1S/C22H19N3O2/c1-15(27-18-10-6-3-7-11-18)22(26)23-21-19-13-12-17(14-20(19)24-25-21)16-8-4-2-5-9-16/h2-15H,1H3,(H2,23,24,25,26). The van der Waals surface area contributed by atoms with E-state index in [1.165, 1.54) is 0 Å². The van der Waals surface area contributed by atoms with E-state index in [1.807, 2.05) is 66.7 Å². The topological polar surface area (TPSA) is 67.0 Å². The molecule has 3 aromatic carbocycles. The zero-order valence-electron chi connectivity index (χ0n) is 14.8. The van der Waals surface area contributed by atoms with Gasteiger partial charge in [0.1, 0.15) is 5.75 Å². The Balaban J connectivity index is 1.51. The van der Waals surface area contributed by atoms with Crippen LogP contribution in [0.25, 0.3) is 22.0 Å². The van der Waals surface area contributed by atoms with Gasteiger partial charge in [-0.2, -0.15) is 5.10 Å². The fourth-order valence-electron chi connectivity index (χ4n) is 2.90. The van der Waals surface area contributed by atoms with Crippen LogP contribution in [0.5, 0.6) is 5.75 Å². The van der Waals surface area contributed by atoms with Crippen molar-refractivity contribution >= 4 is 22.6 Å². The van der Waals surface area contributed by atoms with Crippen molar-refractivity contribution in [1.82, 2.24) is 10.2 Å². The van der Waals surface area contributed by atoms with Crippen molar-refractivity contribution in [1.29, 1.82) is 0 Å². The molecule has 27 heavy (non-hydrogen) atoms. The summed E-state index contributed by atoms with van der Waals surface area (Å²) in [6, 6.07) is 25.4. The Morgan fingerprint density at radius 1 is 0.963 bits per heavy atom. The summed E-state index contributed by atoms with van der Waals surface area (Å²) in [4.78, 5) is 12.5. The number of H-pyrrole nitrogens is 1. The van der Waals surface area contributed by atoms with Gasteiger partial charge in [-0.15, -0.1) is 0 Å². The van der Waals surface area contributed by atoms with Crippen molar-refractivity contribution in [3.8, 4) is 16.9 Å². The summed E-state index contributed by atoms with van der Waals surface area (Å²) in [5.41, 5.74) is 3.08. The molecule has 1 aromatic heterocycles. The average Bonchev–Trinajstić information content (AvgIpc) is 3.11. The SMILES string of the molecule is CC(Oc1ccccc1)C(=O)Nc1n[nH]c2cc(-c3ccccc3)ccc12. The normalized spacial score (nSPS) is 11.9. The summed E-state index contributed by atoms with van der Waals surface area (Å²) < 4.78 is 5.66. The quantitative estimate of drug-likeness (QED) is 0.547. The molecule has 0 aliphatic carbocycles. The lowest BCUT2D eigenvalue weighted by molar-refractivity contribution is -0.122. The Kier molecular flexibility index (Phi) is 4.58. The molecule has 0 fully saturated rings. The third kappa shape index (κ3) is 3.67. The van der Waals surface area contributed by atoms with E-state index in [2.05, 4.69) is 27.6 Å². The highest BCUT2D eigenvalue weighted by molar-refractivity contribution is 6.02. The monoisotopic (exact) mass is 357 g/mol. The van der Waals surface area contributed by atoms with Gasteiger partial charge in [0.2, 0.25) is 0 Å². The molecule has 4 rings (SSSR count). The first-order chi connectivity index (χ1) is 13.2. The van der Waals surface area contributed by atoms with Gasteiger partial charge in [0.25, 0.3) is 5.91 Å². The number of anilines is 1. The van der Waals surface area contributed by atoms with Gasteiger partial charge in [-0.3, -0.25) is 9.89 Å². The molecule has 134 valence electrons. The van der Waals surface area contributed by atoms with Gasteiger partial charge in [-0.25, -0.2) is 0 Å². The Bertz CT molecular complexity index is 1060. The van der Waals surface area contributed by atoms with Crippen molar-refractivity contribution in [2.75, 3.05) is 5.32 Å². The molecule has 0 radical (unpaired) electrons. The predicted octanol–water partition coefficient (Wildman–Crippen LogP) is 4.64. The third-order valence-corrected chi connectivity index (χ3v) is 4.34. The first-order valence-corrected chi connectivity index (χ1v) is 8.77. The van der Waals surface area contributed by atoms with E-state index in [0.717, 1.165) is 22.0 Å². The molecule has 4 aromatic rings. The first kappa shape index (κ1) is 16.8. The Hall–Kier alpha value is -3.60. The zero-order chi connectivity index (χ0) is 18.6. The van der Waals surface area contributed by atoms with E-state index in [9.17, 15) is 4.79 Å². The number of hydrogen-bond acceptors (Lipinski definition) is 3. The van der Waals surface area contributed by atoms with E-state index in [1.54, 1.807) is 6.92 Å². The van der Waals surface area contributed by atoms with Gasteiger partial charge < -0.3 is 10.1 Å². The molecule has 1 unspecified atom stereocenters. The van der Waals surface area contributed by atoms with Crippen molar-refractivity contribution in [3.05, 3.63) is 78.9 Å². The Labute approximate surface area is 157 Å². The minimum absolute atomic E-state index is 0.251. The maximum Gasteiger partial charge on any atom is 0.266 e. The molecule has 5 heteroatoms. The number of rotatable bonds is 5. The number of amides is 1. The summed E-state index contributed by atoms with van der Waals surface area (Å²) in [6.07, 6.45) is -0.636. The summed E-state index contributed by atoms with van der Waals surface area (Å²) >= 11 is 0. The average molecular weight is 357 g/mol. The number of benzene rings is 3. The smallest absolute Gasteiger partial charge is 0.266 e. The molecule has 0 bridgehead atoms. The maximum atomic E-state index is 12.5. The molecule has 1 atom stereocenters. The van der Waals surface area contributed by atoms with Crippen LogP contribution < -0.4 is 10.1 Å². The number of carbonyl (C=O) groups is 1. The summed E-state index contributed by atoms with van der Waals surface area (Å²) in [5, 5.41) is 10.9. The molecular formula is C22H19N3O2. The van der Waals surface area contributed by atoms with Gasteiger partial charge in [0, 0.05) is 5.39 Å². The number of nitrogens with zero attached hydrogens (tertiary/aromatic N) is 1. The highest BCUT2D eigenvalue weighted by atomic mass is 16.5. The van der Waals surface area contributed by atoms with Crippen LogP contribution in [-0.4, -0.2) is 22.2 Å². The van der Waals surface area contributed by atoms with Gasteiger partial charge >= 0.3 is 0 Å². The van der Waals surface area contributed by atoms with Crippen LogP contribution in [0.1, 0.15) is 6.92 Å². The molecule has 0 saturated carbocycles. The number of para-hydroxylation sites is 1.